The van der Waals surface area contributed by atoms with Crippen LogP contribution in [0.4, 0.5) is 13.2 Å². The van der Waals surface area contributed by atoms with Gasteiger partial charge in [-0.2, -0.15) is 17.5 Å². The van der Waals surface area contributed by atoms with Gasteiger partial charge in [-0.05, 0) is 30.9 Å². The zero-order chi connectivity index (χ0) is 16.5. The van der Waals surface area contributed by atoms with Gasteiger partial charge in [0.1, 0.15) is 4.88 Å². The van der Waals surface area contributed by atoms with Crippen LogP contribution in [0.15, 0.2) is 11.4 Å². The fourth-order valence-corrected chi connectivity index (χ4v) is 4.42. The highest BCUT2D eigenvalue weighted by molar-refractivity contribution is 7.89. The van der Waals surface area contributed by atoms with Gasteiger partial charge in [-0.25, -0.2) is 8.42 Å². The molecule has 0 aliphatic carbocycles. The lowest BCUT2D eigenvalue weighted by Gasteiger charge is -2.38. The van der Waals surface area contributed by atoms with Crippen molar-refractivity contribution in [3.05, 3.63) is 21.9 Å². The van der Waals surface area contributed by atoms with Gasteiger partial charge in [-0.3, -0.25) is 4.90 Å². The Morgan fingerprint density at radius 2 is 2.05 bits per heavy atom. The van der Waals surface area contributed by atoms with Crippen molar-refractivity contribution >= 4 is 21.4 Å². The van der Waals surface area contributed by atoms with Crippen LogP contribution in [0.25, 0.3) is 0 Å². The smallest absolute Gasteiger partial charge is 0.294 e. The summed E-state index contributed by atoms with van der Waals surface area (Å²) in [6.45, 7) is 5.21. The van der Waals surface area contributed by atoms with Crippen LogP contribution >= 0.6 is 11.3 Å². The summed E-state index contributed by atoms with van der Waals surface area (Å²) >= 11 is 0.697. The first-order valence-electron chi connectivity index (χ1n) is 7.00. The van der Waals surface area contributed by atoms with Crippen molar-refractivity contribution in [2.45, 2.75) is 32.6 Å². The molecular formula is C13H19F3N2O2S2. The van der Waals surface area contributed by atoms with Crippen LogP contribution in [-0.4, -0.2) is 49.1 Å². The third-order valence-corrected chi connectivity index (χ3v) is 6.68. The first-order chi connectivity index (χ1) is 10.1. The highest BCUT2D eigenvalue weighted by Crippen LogP contribution is 2.34. The summed E-state index contributed by atoms with van der Waals surface area (Å²) in [6.07, 6.45) is -4.30. The summed E-state index contributed by atoms with van der Waals surface area (Å²) in [7, 11) is -3.21. The molecule has 2 rings (SSSR count). The van der Waals surface area contributed by atoms with E-state index in [1.54, 1.807) is 6.92 Å². The molecule has 0 radical (unpaired) electrons. The molecule has 1 aromatic heterocycles. The molecule has 9 heteroatoms. The number of piperazine rings is 1. The molecule has 0 amide bonds. The SMILES string of the molecule is CCS(=O)(=O)N1CCN(Cc2csc(C(F)(F)F)c2)[C@H](C)C1. The van der Waals surface area contributed by atoms with Crippen LogP contribution < -0.4 is 0 Å². The van der Waals surface area contributed by atoms with E-state index in [-0.39, 0.29) is 11.8 Å². The number of alkyl halides is 3. The maximum atomic E-state index is 12.6. The van der Waals surface area contributed by atoms with E-state index in [0.717, 1.165) is 0 Å². The topological polar surface area (TPSA) is 40.6 Å². The number of rotatable bonds is 4. The average Bonchev–Trinajstić information content (AvgIpc) is 2.89. The van der Waals surface area contributed by atoms with E-state index in [2.05, 4.69) is 0 Å². The average molecular weight is 356 g/mol. The fourth-order valence-electron chi connectivity index (χ4n) is 2.47. The molecule has 1 atom stereocenters. The number of nitrogens with zero attached hydrogens (tertiary/aromatic N) is 2. The maximum Gasteiger partial charge on any atom is 0.425 e. The Balaban J connectivity index is 2.00. The minimum absolute atomic E-state index is 0.0238. The lowest BCUT2D eigenvalue weighted by Crippen LogP contribution is -2.53. The van der Waals surface area contributed by atoms with E-state index in [1.807, 2.05) is 11.8 Å². The predicted molar refractivity (Wildman–Crippen MR) is 80.2 cm³/mol. The molecule has 22 heavy (non-hydrogen) atoms. The Kier molecular flexibility index (Phi) is 5.20. The lowest BCUT2D eigenvalue weighted by molar-refractivity contribution is -0.134. The fraction of sp³-hybridized carbons (Fsp3) is 0.692. The van der Waals surface area contributed by atoms with Crippen molar-refractivity contribution < 1.29 is 21.6 Å². The Bertz CT molecular complexity index is 613. The summed E-state index contributed by atoms with van der Waals surface area (Å²) in [5, 5.41) is 1.52. The van der Waals surface area contributed by atoms with Crippen molar-refractivity contribution in [3.63, 3.8) is 0 Å². The van der Waals surface area contributed by atoms with Gasteiger partial charge >= 0.3 is 6.18 Å². The van der Waals surface area contributed by atoms with Crippen LogP contribution in [0.2, 0.25) is 0 Å². The monoisotopic (exact) mass is 356 g/mol. The highest BCUT2D eigenvalue weighted by atomic mass is 32.2. The zero-order valence-corrected chi connectivity index (χ0v) is 14.1. The van der Waals surface area contributed by atoms with Gasteiger partial charge in [-0.1, -0.05) is 0 Å². The molecule has 4 nitrogen and oxygen atoms in total. The van der Waals surface area contributed by atoms with Crippen LogP contribution in [0, 0.1) is 0 Å². The summed E-state index contributed by atoms with van der Waals surface area (Å²) in [5.41, 5.74) is 0.621. The number of halogens is 3. The van der Waals surface area contributed by atoms with E-state index in [1.165, 1.54) is 15.8 Å². The number of hydrogen-bond donors (Lipinski definition) is 0. The van der Waals surface area contributed by atoms with E-state index >= 15 is 0 Å². The molecule has 1 aromatic rings. The van der Waals surface area contributed by atoms with Gasteiger partial charge in [0.15, 0.2) is 0 Å². The number of sulfonamides is 1. The normalized spacial score (nSPS) is 22.1. The predicted octanol–water partition coefficient (Wildman–Crippen LogP) is 2.62. The van der Waals surface area contributed by atoms with Gasteiger partial charge in [0, 0.05) is 32.2 Å². The minimum Gasteiger partial charge on any atom is -0.294 e. The van der Waals surface area contributed by atoms with E-state index in [4.69, 9.17) is 0 Å². The Labute approximate surface area is 132 Å². The van der Waals surface area contributed by atoms with Gasteiger partial charge in [0.25, 0.3) is 0 Å². The molecule has 0 bridgehead atoms. The summed E-state index contributed by atoms with van der Waals surface area (Å²) in [4.78, 5) is 1.42. The molecule has 2 heterocycles. The van der Waals surface area contributed by atoms with E-state index < -0.39 is 21.1 Å². The Hall–Kier alpha value is -0.640. The van der Waals surface area contributed by atoms with Crippen molar-refractivity contribution in [3.8, 4) is 0 Å². The molecule has 0 spiro atoms. The Morgan fingerprint density at radius 1 is 1.36 bits per heavy atom. The van der Waals surface area contributed by atoms with Gasteiger partial charge < -0.3 is 0 Å². The summed E-state index contributed by atoms with van der Waals surface area (Å²) < 4.78 is 63.0. The molecule has 0 saturated carbocycles. The molecule has 0 unspecified atom stereocenters. The minimum atomic E-state index is -4.30. The van der Waals surface area contributed by atoms with Gasteiger partial charge in [0.05, 0.1) is 5.75 Å². The van der Waals surface area contributed by atoms with Crippen molar-refractivity contribution in [1.29, 1.82) is 0 Å². The van der Waals surface area contributed by atoms with Gasteiger partial charge in [-0.15, -0.1) is 11.3 Å². The maximum absolute atomic E-state index is 12.6. The van der Waals surface area contributed by atoms with E-state index in [0.29, 0.717) is 43.1 Å². The van der Waals surface area contributed by atoms with Crippen molar-refractivity contribution in [2.75, 3.05) is 25.4 Å². The molecule has 0 N–H and O–H groups in total. The van der Waals surface area contributed by atoms with E-state index in [9.17, 15) is 21.6 Å². The second-order valence-electron chi connectivity index (χ2n) is 5.40. The molecule has 1 fully saturated rings. The van der Waals surface area contributed by atoms with Crippen molar-refractivity contribution in [1.82, 2.24) is 9.21 Å². The largest absolute Gasteiger partial charge is 0.425 e. The molecule has 0 aromatic carbocycles. The quantitative estimate of drug-likeness (QED) is 0.833. The Morgan fingerprint density at radius 3 is 2.55 bits per heavy atom. The summed E-state index contributed by atoms with van der Waals surface area (Å²) in [6, 6.07) is 1.15. The van der Waals surface area contributed by atoms with Crippen molar-refractivity contribution in [2.24, 2.45) is 0 Å². The molecule has 1 aliphatic heterocycles. The third-order valence-electron chi connectivity index (χ3n) is 3.80. The number of thiophene rings is 1. The molecular weight excluding hydrogens is 337 g/mol. The van der Waals surface area contributed by atoms with Crippen LogP contribution in [0.1, 0.15) is 24.3 Å². The third kappa shape index (κ3) is 4.01. The first kappa shape index (κ1) is 17.7. The second-order valence-corrected chi connectivity index (χ2v) is 8.56. The van der Waals surface area contributed by atoms with Crippen LogP contribution in [-0.2, 0) is 22.7 Å². The number of hydrogen-bond acceptors (Lipinski definition) is 4. The van der Waals surface area contributed by atoms with Crippen LogP contribution in [0.5, 0.6) is 0 Å². The molecule has 126 valence electrons. The lowest BCUT2D eigenvalue weighted by atomic mass is 10.2. The van der Waals surface area contributed by atoms with Gasteiger partial charge in [0.2, 0.25) is 10.0 Å². The zero-order valence-electron chi connectivity index (χ0n) is 12.4. The highest BCUT2D eigenvalue weighted by Gasteiger charge is 2.33. The molecule has 1 aliphatic rings. The second kappa shape index (κ2) is 6.46. The standard InChI is InChI=1S/C13H19F3N2O2S2/c1-3-22(19,20)18-5-4-17(10(2)7-18)8-11-6-12(21-9-11)13(14,15)16/h6,9-10H,3-5,7-8H2,1-2H3/t10-/m1/s1. The first-order valence-corrected chi connectivity index (χ1v) is 9.49. The molecule has 1 saturated heterocycles. The van der Waals surface area contributed by atoms with Crippen LogP contribution in [0.3, 0.4) is 0 Å². The summed E-state index contributed by atoms with van der Waals surface area (Å²) in [5.74, 6) is 0.0686.